The van der Waals surface area contributed by atoms with Gasteiger partial charge >= 0.3 is 0 Å². The summed E-state index contributed by atoms with van der Waals surface area (Å²) in [6.07, 6.45) is 12.2. The summed E-state index contributed by atoms with van der Waals surface area (Å²) >= 11 is 1.85. The molecule has 0 aromatic heterocycles. The molecule has 1 N–H and O–H groups in total. The molecule has 1 aliphatic carbocycles. The Morgan fingerprint density at radius 1 is 1.47 bits per heavy atom. The van der Waals surface area contributed by atoms with Gasteiger partial charge in [0.05, 0.1) is 5.75 Å². The average molecular weight is 225 g/mol. The lowest BCUT2D eigenvalue weighted by atomic mass is 9.84. The van der Waals surface area contributed by atoms with Gasteiger partial charge in [0, 0.05) is 18.3 Å². The van der Waals surface area contributed by atoms with Crippen LogP contribution < -0.4 is 5.32 Å². The van der Waals surface area contributed by atoms with E-state index in [2.05, 4.69) is 18.2 Å². The van der Waals surface area contributed by atoms with E-state index in [1.807, 2.05) is 11.8 Å². The zero-order valence-corrected chi connectivity index (χ0v) is 10.6. The summed E-state index contributed by atoms with van der Waals surface area (Å²) in [5.41, 5.74) is 0. The molecule has 2 unspecified atom stereocenters. The Morgan fingerprint density at radius 2 is 2.33 bits per heavy atom. The summed E-state index contributed by atoms with van der Waals surface area (Å²) in [6.45, 7) is 3.43. The molecule has 15 heavy (non-hydrogen) atoms. The van der Waals surface area contributed by atoms with Crippen LogP contribution in [0.2, 0.25) is 0 Å². The highest BCUT2D eigenvalue weighted by atomic mass is 32.2. The largest absolute Gasteiger partial charge is 0.313 e. The Labute approximate surface area is 98.8 Å². The number of thioether (sulfide) groups is 1. The van der Waals surface area contributed by atoms with Crippen LogP contribution in [0.3, 0.4) is 0 Å². The Bertz CT molecular complexity index is 197. The standard InChI is InChI=1S/C13H23NS/c1-3-9-15-10-8-14-13-7-5-6-12(4-2)11-13/h1,12-14H,4-11H2,2H3. The minimum absolute atomic E-state index is 0.773. The lowest BCUT2D eigenvalue weighted by molar-refractivity contribution is 0.283. The Hall–Kier alpha value is -0.130. The van der Waals surface area contributed by atoms with Crippen LogP contribution in [0.15, 0.2) is 0 Å². The Balaban J connectivity index is 2.03. The first kappa shape index (κ1) is 12.9. The highest BCUT2D eigenvalue weighted by Gasteiger charge is 2.19. The molecule has 0 aromatic carbocycles. The van der Waals surface area contributed by atoms with Crippen LogP contribution in [0, 0.1) is 18.3 Å². The van der Waals surface area contributed by atoms with E-state index in [9.17, 15) is 0 Å². The van der Waals surface area contributed by atoms with Gasteiger partial charge in [-0.1, -0.05) is 32.1 Å². The SMILES string of the molecule is C#CCSCCNC1CCCC(CC)C1. The van der Waals surface area contributed by atoms with Gasteiger partial charge in [0.15, 0.2) is 0 Å². The fraction of sp³-hybridized carbons (Fsp3) is 0.846. The summed E-state index contributed by atoms with van der Waals surface area (Å²) in [5.74, 6) is 5.63. The maximum Gasteiger partial charge on any atom is 0.0545 e. The summed E-state index contributed by atoms with van der Waals surface area (Å²) in [7, 11) is 0. The third-order valence-corrected chi connectivity index (χ3v) is 4.09. The van der Waals surface area contributed by atoms with Crippen LogP contribution in [-0.4, -0.2) is 24.1 Å². The Morgan fingerprint density at radius 3 is 3.07 bits per heavy atom. The van der Waals surface area contributed by atoms with Crippen LogP contribution in [0.25, 0.3) is 0 Å². The lowest BCUT2D eigenvalue weighted by Gasteiger charge is -2.29. The second-order valence-electron chi connectivity index (χ2n) is 4.35. The van der Waals surface area contributed by atoms with E-state index < -0.39 is 0 Å². The molecular weight excluding hydrogens is 202 g/mol. The van der Waals surface area contributed by atoms with Crippen LogP contribution in [0.5, 0.6) is 0 Å². The zero-order chi connectivity index (χ0) is 10.9. The molecule has 0 aromatic rings. The van der Waals surface area contributed by atoms with E-state index in [0.717, 1.165) is 30.0 Å². The van der Waals surface area contributed by atoms with E-state index in [0.29, 0.717) is 0 Å². The molecule has 1 nitrogen and oxygen atoms in total. The molecule has 0 spiro atoms. The number of rotatable bonds is 6. The highest BCUT2D eigenvalue weighted by molar-refractivity contribution is 7.99. The summed E-state index contributed by atoms with van der Waals surface area (Å²) in [6, 6.07) is 0.773. The van der Waals surface area contributed by atoms with Crippen molar-refractivity contribution in [2.24, 2.45) is 5.92 Å². The molecule has 2 heteroatoms. The average Bonchev–Trinajstić information content (AvgIpc) is 2.29. The first-order valence-electron chi connectivity index (χ1n) is 6.11. The molecule has 1 fully saturated rings. The molecule has 0 heterocycles. The Kier molecular flexibility index (Phi) is 6.96. The number of terminal acetylenes is 1. The van der Waals surface area contributed by atoms with Gasteiger partial charge in [0.2, 0.25) is 0 Å². The van der Waals surface area contributed by atoms with Crippen LogP contribution in [0.4, 0.5) is 0 Å². The zero-order valence-electron chi connectivity index (χ0n) is 9.80. The molecule has 0 bridgehead atoms. The van der Waals surface area contributed by atoms with Crippen LogP contribution >= 0.6 is 11.8 Å². The van der Waals surface area contributed by atoms with Gasteiger partial charge < -0.3 is 5.32 Å². The van der Waals surface area contributed by atoms with E-state index in [-0.39, 0.29) is 0 Å². The summed E-state index contributed by atoms with van der Waals surface area (Å²) < 4.78 is 0. The second kappa shape index (κ2) is 8.07. The van der Waals surface area contributed by atoms with Crippen molar-refractivity contribution in [3.8, 4) is 12.3 Å². The molecule has 1 aliphatic rings. The van der Waals surface area contributed by atoms with E-state index in [4.69, 9.17) is 6.42 Å². The van der Waals surface area contributed by atoms with Gasteiger partial charge in [-0.3, -0.25) is 0 Å². The molecule has 2 atom stereocenters. The molecule has 1 saturated carbocycles. The maximum atomic E-state index is 5.20. The van der Waals surface area contributed by atoms with Gasteiger partial charge in [-0.05, 0) is 18.8 Å². The summed E-state index contributed by atoms with van der Waals surface area (Å²) in [5, 5.41) is 3.66. The molecule has 0 aliphatic heterocycles. The fourth-order valence-corrected chi connectivity index (χ4v) is 2.84. The molecule has 86 valence electrons. The molecule has 0 saturated heterocycles. The minimum atomic E-state index is 0.773. The second-order valence-corrected chi connectivity index (χ2v) is 5.45. The number of nitrogens with one attached hydrogen (secondary N) is 1. The van der Waals surface area contributed by atoms with Crippen molar-refractivity contribution in [3.63, 3.8) is 0 Å². The molecular formula is C13H23NS. The van der Waals surface area contributed by atoms with Crippen molar-refractivity contribution in [1.29, 1.82) is 0 Å². The molecule has 0 radical (unpaired) electrons. The molecule has 1 rings (SSSR count). The predicted molar refractivity (Wildman–Crippen MR) is 70.2 cm³/mol. The van der Waals surface area contributed by atoms with E-state index in [1.54, 1.807) is 0 Å². The monoisotopic (exact) mass is 225 g/mol. The minimum Gasteiger partial charge on any atom is -0.313 e. The highest BCUT2D eigenvalue weighted by Crippen LogP contribution is 2.26. The van der Waals surface area contributed by atoms with Gasteiger partial charge in [0.25, 0.3) is 0 Å². The fourth-order valence-electron chi connectivity index (χ4n) is 2.31. The van der Waals surface area contributed by atoms with Gasteiger partial charge in [-0.15, -0.1) is 18.2 Å². The summed E-state index contributed by atoms with van der Waals surface area (Å²) in [4.78, 5) is 0. The van der Waals surface area contributed by atoms with Crippen LogP contribution in [0.1, 0.15) is 39.0 Å². The number of hydrogen-bond acceptors (Lipinski definition) is 2. The third kappa shape index (κ3) is 5.49. The van der Waals surface area contributed by atoms with Crippen molar-refractivity contribution in [3.05, 3.63) is 0 Å². The predicted octanol–water partition coefficient (Wildman–Crippen LogP) is 2.91. The van der Waals surface area contributed by atoms with Gasteiger partial charge in [-0.25, -0.2) is 0 Å². The maximum absolute atomic E-state index is 5.20. The number of hydrogen-bond donors (Lipinski definition) is 1. The first-order chi connectivity index (χ1) is 7.36. The quantitative estimate of drug-likeness (QED) is 0.551. The van der Waals surface area contributed by atoms with E-state index >= 15 is 0 Å². The smallest absolute Gasteiger partial charge is 0.0545 e. The third-order valence-electron chi connectivity index (χ3n) is 3.22. The van der Waals surface area contributed by atoms with Gasteiger partial charge in [-0.2, -0.15) is 0 Å². The van der Waals surface area contributed by atoms with Crippen molar-refractivity contribution in [2.45, 2.75) is 45.1 Å². The first-order valence-corrected chi connectivity index (χ1v) is 7.26. The molecule has 0 amide bonds. The normalized spacial score (nSPS) is 26.1. The van der Waals surface area contributed by atoms with Crippen molar-refractivity contribution in [1.82, 2.24) is 5.32 Å². The van der Waals surface area contributed by atoms with Crippen LogP contribution in [-0.2, 0) is 0 Å². The topological polar surface area (TPSA) is 12.0 Å². The van der Waals surface area contributed by atoms with Crippen molar-refractivity contribution in [2.75, 3.05) is 18.1 Å². The van der Waals surface area contributed by atoms with Gasteiger partial charge in [0.1, 0.15) is 0 Å². The van der Waals surface area contributed by atoms with E-state index in [1.165, 1.54) is 32.1 Å². The van der Waals surface area contributed by atoms with Crippen molar-refractivity contribution >= 4 is 11.8 Å². The van der Waals surface area contributed by atoms with Crippen molar-refractivity contribution < 1.29 is 0 Å². The lowest BCUT2D eigenvalue weighted by Crippen LogP contribution is -2.35.